The Hall–Kier alpha value is -3.06. The van der Waals surface area contributed by atoms with Crippen LogP contribution in [0, 0.1) is 11.3 Å². The summed E-state index contributed by atoms with van der Waals surface area (Å²) < 4.78 is 0. The van der Waals surface area contributed by atoms with Gasteiger partial charge in [0.2, 0.25) is 0 Å². The maximum atomic E-state index is 12.0. The van der Waals surface area contributed by atoms with Crippen LogP contribution in [0.15, 0.2) is 60.2 Å². The second-order valence-corrected chi connectivity index (χ2v) is 4.05. The van der Waals surface area contributed by atoms with E-state index < -0.39 is 5.91 Å². The first-order valence-corrected chi connectivity index (χ1v) is 5.97. The Balaban J connectivity index is 2.21. The van der Waals surface area contributed by atoms with Gasteiger partial charge >= 0.3 is 0 Å². The number of anilines is 1. The predicted molar refractivity (Wildman–Crippen MR) is 76.8 cm³/mol. The third kappa shape index (κ3) is 3.24. The average molecular weight is 264 g/mol. The molecule has 0 saturated heterocycles. The number of nitriles is 1. The van der Waals surface area contributed by atoms with Crippen LogP contribution in [0.2, 0.25) is 0 Å². The van der Waals surface area contributed by atoms with E-state index in [9.17, 15) is 9.90 Å². The highest BCUT2D eigenvalue weighted by molar-refractivity contribution is 6.10. The molecular weight excluding hydrogens is 252 g/mol. The van der Waals surface area contributed by atoms with Gasteiger partial charge in [-0.3, -0.25) is 4.79 Å². The molecule has 0 aliphatic rings. The Kier molecular flexibility index (Phi) is 4.15. The topological polar surface area (TPSA) is 73.1 Å². The quantitative estimate of drug-likeness (QED) is 0.508. The lowest BCUT2D eigenvalue weighted by Crippen LogP contribution is -2.13. The highest BCUT2D eigenvalue weighted by Gasteiger charge is 2.11. The van der Waals surface area contributed by atoms with Crippen LogP contribution >= 0.6 is 0 Å². The molecule has 4 heteroatoms. The summed E-state index contributed by atoms with van der Waals surface area (Å²) in [5, 5.41) is 21.2. The zero-order valence-electron chi connectivity index (χ0n) is 10.6. The number of para-hydroxylation sites is 2. The van der Waals surface area contributed by atoms with Crippen molar-refractivity contribution in [3.05, 3.63) is 65.7 Å². The van der Waals surface area contributed by atoms with Gasteiger partial charge in [-0.1, -0.05) is 42.5 Å². The van der Waals surface area contributed by atoms with Gasteiger partial charge in [-0.15, -0.1) is 0 Å². The average Bonchev–Trinajstić information content (AvgIpc) is 2.48. The molecule has 0 aromatic heterocycles. The molecule has 0 bridgehead atoms. The summed E-state index contributed by atoms with van der Waals surface area (Å²) in [4.78, 5) is 12.0. The molecular formula is C16H12N2O2. The van der Waals surface area contributed by atoms with Crippen LogP contribution in [0.1, 0.15) is 5.56 Å². The van der Waals surface area contributed by atoms with Crippen molar-refractivity contribution in [2.75, 3.05) is 5.32 Å². The van der Waals surface area contributed by atoms with Crippen molar-refractivity contribution in [3.8, 4) is 11.8 Å². The van der Waals surface area contributed by atoms with Crippen LogP contribution < -0.4 is 5.32 Å². The summed E-state index contributed by atoms with van der Waals surface area (Å²) >= 11 is 0. The second kappa shape index (κ2) is 6.21. The highest BCUT2D eigenvalue weighted by atomic mass is 16.3. The Bertz CT molecular complexity index is 685. The van der Waals surface area contributed by atoms with Crippen molar-refractivity contribution >= 4 is 17.7 Å². The van der Waals surface area contributed by atoms with Gasteiger partial charge in [0.05, 0.1) is 5.69 Å². The van der Waals surface area contributed by atoms with E-state index in [-0.39, 0.29) is 17.0 Å². The van der Waals surface area contributed by atoms with Crippen molar-refractivity contribution in [3.63, 3.8) is 0 Å². The molecule has 4 nitrogen and oxygen atoms in total. The molecule has 2 N–H and O–H groups in total. The smallest absolute Gasteiger partial charge is 0.266 e. The number of nitrogens with one attached hydrogen (secondary N) is 1. The van der Waals surface area contributed by atoms with Crippen LogP contribution in [-0.2, 0) is 4.79 Å². The molecule has 0 radical (unpaired) electrons. The fourth-order valence-corrected chi connectivity index (χ4v) is 1.63. The zero-order chi connectivity index (χ0) is 14.4. The van der Waals surface area contributed by atoms with Crippen molar-refractivity contribution in [1.29, 1.82) is 5.26 Å². The summed E-state index contributed by atoms with van der Waals surface area (Å²) in [5.41, 5.74) is 1.00. The number of phenolic OH excluding ortho intramolecular Hbond substituents is 1. The van der Waals surface area contributed by atoms with E-state index in [1.54, 1.807) is 30.3 Å². The molecule has 2 aromatic carbocycles. The largest absolute Gasteiger partial charge is 0.506 e. The molecule has 0 aliphatic heterocycles. The van der Waals surface area contributed by atoms with E-state index in [4.69, 9.17) is 5.26 Å². The van der Waals surface area contributed by atoms with Gasteiger partial charge in [-0.2, -0.15) is 5.26 Å². The number of phenols is 1. The third-order valence-corrected chi connectivity index (χ3v) is 2.63. The first-order chi connectivity index (χ1) is 9.70. The van der Waals surface area contributed by atoms with Gasteiger partial charge in [0.15, 0.2) is 0 Å². The Morgan fingerprint density at radius 1 is 1.10 bits per heavy atom. The first-order valence-electron chi connectivity index (χ1n) is 5.97. The molecule has 0 atom stereocenters. The van der Waals surface area contributed by atoms with Crippen LogP contribution in [0.5, 0.6) is 5.75 Å². The van der Waals surface area contributed by atoms with E-state index >= 15 is 0 Å². The number of carbonyl (C=O) groups excluding carboxylic acids is 1. The standard InChI is InChI=1S/C16H12N2O2/c17-11-13(10-12-6-2-1-3-7-12)16(20)18-14-8-4-5-9-15(14)19/h1-10,19H,(H,18,20). The number of aromatic hydroxyl groups is 1. The lowest BCUT2D eigenvalue weighted by molar-refractivity contribution is -0.112. The molecule has 0 saturated carbocycles. The zero-order valence-corrected chi connectivity index (χ0v) is 10.6. The van der Waals surface area contributed by atoms with Crippen LogP contribution in [0.3, 0.4) is 0 Å². The number of benzene rings is 2. The van der Waals surface area contributed by atoms with Crippen molar-refractivity contribution in [1.82, 2.24) is 0 Å². The predicted octanol–water partition coefficient (Wildman–Crippen LogP) is 2.94. The number of rotatable bonds is 3. The molecule has 2 aromatic rings. The minimum Gasteiger partial charge on any atom is -0.506 e. The van der Waals surface area contributed by atoms with Gasteiger partial charge in [0.1, 0.15) is 17.4 Å². The maximum Gasteiger partial charge on any atom is 0.266 e. The van der Waals surface area contributed by atoms with Crippen molar-refractivity contribution < 1.29 is 9.90 Å². The second-order valence-electron chi connectivity index (χ2n) is 4.05. The van der Waals surface area contributed by atoms with Gasteiger partial charge in [0.25, 0.3) is 5.91 Å². The first kappa shape index (κ1) is 13.4. The number of hydrogen-bond acceptors (Lipinski definition) is 3. The van der Waals surface area contributed by atoms with Crippen LogP contribution in [0.25, 0.3) is 6.08 Å². The molecule has 1 amide bonds. The summed E-state index contributed by atoms with van der Waals surface area (Å²) in [7, 11) is 0. The minimum atomic E-state index is -0.558. The fourth-order valence-electron chi connectivity index (χ4n) is 1.63. The van der Waals surface area contributed by atoms with Gasteiger partial charge in [-0.05, 0) is 23.8 Å². The molecule has 20 heavy (non-hydrogen) atoms. The van der Waals surface area contributed by atoms with Crippen LogP contribution in [0.4, 0.5) is 5.69 Å². The van der Waals surface area contributed by atoms with E-state index in [1.807, 2.05) is 24.3 Å². The Morgan fingerprint density at radius 2 is 1.75 bits per heavy atom. The van der Waals surface area contributed by atoms with Gasteiger partial charge in [0, 0.05) is 0 Å². The molecule has 0 spiro atoms. The normalized spacial score (nSPS) is 10.7. The lowest BCUT2D eigenvalue weighted by atomic mass is 10.1. The minimum absolute atomic E-state index is 0.0283. The number of carbonyl (C=O) groups is 1. The molecule has 0 unspecified atom stereocenters. The summed E-state index contributed by atoms with van der Waals surface area (Å²) in [6.07, 6.45) is 1.50. The Morgan fingerprint density at radius 3 is 2.40 bits per heavy atom. The van der Waals surface area contributed by atoms with E-state index in [1.165, 1.54) is 12.1 Å². The summed E-state index contributed by atoms with van der Waals surface area (Å²) in [5.74, 6) is -0.601. The monoisotopic (exact) mass is 264 g/mol. The number of hydrogen-bond donors (Lipinski definition) is 2. The molecule has 0 heterocycles. The van der Waals surface area contributed by atoms with E-state index in [0.29, 0.717) is 0 Å². The summed E-state index contributed by atoms with van der Waals surface area (Å²) in [6, 6.07) is 17.3. The van der Waals surface area contributed by atoms with Crippen molar-refractivity contribution in [2.45, 2.75) is 0 Å². The lowest BCUT2D eigenvalue weighted by Gasteiger charge is -2.06. The number of nitrogens with zero attached hydrogens (tertiary/aromatic N) is 1. The molecule has 2 rings (SSSR count). The fraction of sp³-hybridized carbons (Fsp3) is 0. The Labute approximate surface area is 116 Å². The van der Waals surface area contributed by atoms with Crippen molar-refractivity contribution in [2.24, 2.45) is 0 Å². The number of amides is 1. The molecule has 98 valence electrons. The third-order valence-electron chi connectivity index (χ3n) is 2.63. The molecule has 0 fully saturated rings. The SMILES string of the molecule is N#CC(=Cc1ccccc1)C(=O)Nc1ccccc1O. The maximum absolute atomic E-state index is 12.0. The van der Waals surface area contributed by atoms with E-state index in [0.717, 1.165) is 5.56 Å². The highest BCUT2D eigenvalue weighted by Crippen LogP contribution is 2.22. The van der Waals surface area contributed by atoms with Gasteiger partial charge in [-0.25, -0.2) is 0 Å². The summed E-state index contributed by atoms with van der Waals surface area (Å²) in [6.45, 7) is 0. The van der Waals surface area contributed by atoms with E-state index in [2.05, 4.69) is 5.32 Å². The molecule has 0 aliphatic carbocycles. The van der Waals surface area contributed by atoms with Crippen LogP contribution in [-0.4, -0.2) is 11.0 Å². The van der Waals surface area contributed by atoms with Gasteiger partial charge < -0.3 is 10.4 Å².